The Bertz CT molecular complexity index is 277. The first-order chi connectivity index (χ1) is 5.81. The van der Waals surface area contributed by atoms with Gasteiger partial charge in [-0.15, -0.1) is 0 Å². The summed E-state index contributed by atoms with van der Waals surface area (Å²) in [5.41, 5.74) is 2.78. The second kappa shape index (κ2) is 2.94. The van der Waals surface area contributed by atoms with E-state index in [0.29, 0.717) is 0 Å². The number of aliphatic hydroxyl groups excluding tert-OH is 1. The molecule has 0 radical (unpaired) electrons. The first kappa shape index (κ1) is 7.87. The van der Waals surface area contributed by atoms with Crippen LogP contribution in [0.15, 0.2) is 12.3 Å². The maximum atomic E-state index is 8.83. The molecule has 66 valence electrons. The average Bonchev–Trinajstić information content (AvgIpc) is 2.52. The number of nitrogens with zero attached hydrogens (tertiary/aromatic N) is 1. The van der Waals surface area contributed by atoms with Gasteiger partial charge in [-0.3, -0.25) is 0 Å². The molecule has 0 amide bonds. The van der Waals surface area contributed by atoms with E-state index in [2.05, 4.69) is 23.8 Å². The number of aromatic nitrogens is 1. The number of aliphatic hydroxyl groups is 1. The number of fused-ring (bicyclic) bond motifs is 1. The van der Waals surface area contributed by atoms with Gasteiger partial charge in [0, 0.05) is 25.0 Å². The molecule has 12 heavy (non-hydrogen) atoms. The third-order valence-corrected chi connectivity index (χ3v) is 2.60. The molecule has 2 heterocycles. The lowest BCUT2D eigenvalue weighted by molar-refractivity contribution is 0.299. The maximum absolute atomic E-state index is 8.83. The predicted octanol–water partition coefficient (Wildman–Crippen LogP) is 1.22. The molecule has 1 atom stereocenters. The van der Waals surface area contributed by atoms with Gasteiger partial charge in [-0.05, 0) is 30.4 Å². The average molecular weight is 165 g/mol. The molecule has 1 aromatic heterocycles. The van der Waals surface area contributed by atoms with Gasteiger partial charge in [-0.25, -0.2) is 0 Å². The van der Waals surface area contributed by atoms with Crippen LogP contribution < -0.4 is 0 Å². The van der Waals surface area contributed by atoms with Crippen molar-refractivity contribution in [1.29, 1.82) is 0 Å². The van der Waals surface area contributed by atoms with Crippen LogP contribution in [0.5, 0.6) is 0 Å². The molecule has 1 aliphatic heterocycles. The van der Waals surface area contributed by atoms with Gasteiger partial charge in [0.25, 0.3) is 0 Å². The first-order valence-electron chi connectivity index (χ1n) is 4.59. The summed E-state index contributed by atoms with van der Waals surface area (Å²) in [6.45, 7) is 3.70. The Kier molecular flexibility index (Phi) is 1.93. The first-order valence-corrected chi connectivity index (χ1v) is 4.59. The Labute approximate surface area is 72.8 Å². The molecule has 0 spiro atoms. The van der Waals surface area contributed by atoms with Crippen molar-refractivity contribution < 1.29 is 5.11 Å². The lowest BCUT2D eigenvalue weighted by atomic mass is 10.1. The Morgan fingerprint density at radius 2 is 2.50 bits per heavy atom. The van der Waals surface area contributed by atoms with Crippen molar-refractivity contribution in [3.63, 3.8) is 0 Å². The van der Waals surface area contributed by atoms with E-state index >= 15 is 0 Å². The minimum absolute atomic E-state index is 0.269. The monoisotopic (exact) mass is 165 g/mol. The number of hydrogen-bond acceptors (Lipinski definition) is 1. The molecule has 0 saturated heterocycles. The fourth-order valence-electron chi connectivity index (χ4n) is 2.05. The van der Waals surface area contributed by atoms with E-state index < -0.39 is 0 Å². The summed E-state index contributed by atoms with van der Waals surface area (Å²) in [5.74, 6) is 0.777. The van der Waals surface area contributed by atoms with Crippen molar-refractivity contribution in [2.75, 3.05) is 6.61 Å². The normalized spacial score (nSPS) is 21.3. The fourth-order valence-corrected chi connectivity index (χ4v) is 2.05. The van der Waals surface area contributed by atoms with E-state index in [9.17, 15) is 0 Å². The van der Waals surface area contributed by atoms with Crippen LogP contribution >= 0.6 is 0 Å². The minimum Gasteiger partial charge on any atom is -0.396 e. The summed E-state index contributed by atoms with van der Waals surface area (Å²) >= 11 is 0. The van der Waals surface area contributed by atoms with Crippen molar-refractivity contribution in [2.24, 2.45) is 5.92 Å². The molecule has 0 bridgehead atoms. The Morgan fingerprint density at radius 1 is 1.67 bits per heavy atom. The third-order valence-electron chi connectivity index (χ3n) is 2.60. The second-order valence-electron chi connectivity index (χ2n) is 3.72. The van der Waals surface area contributed by atoms with Gasteiger partial charge in [0.2, 0.25) is 0 Å². The van der Waals surface area contributed by atoms with Gasteiger partial charge in [0.15, 0.2) is 0 Å². The van der Waals surface area contributed by atoms with Crippen LogP contribution in [0.1, 0.15) is 18.2 Å². The van der Waals surface area contributed by atoms with Gasteiger partial charge in [0.05, 0.1) is 0 Å². The standard InChI is InChI=1S/C10H15NO/c1-8-6-10-9(3-5-12)2-4-11(10)7-8/h2,4,8,12H,3,5-7H2,1H3. The summed E-state index contributed by atoms with van der Waals surface area (Å²) in [4.78, 5) is 0. The van der Waals surface area contributed by atoms with E-state index in [1.54, 1.807) is 0 Å². The van der Waals surface area contributed by atoms with E-state index in [4.69, 9.17) is 5.11 Å². The molecule has 1 N–H and O–H groups in total. The molecule has 0 aliphatic carbocycles. The lowest BCUT2D eigenvalue weighted by Gasteiger charge is -1.98. The van der Waals surface area contributed by atoms with Crippen LogP contribution in [0.4, 0.5) is 0 Å². The molecule has 1 unspecified atom stereocenters. The van der Waals surface area contributed by atoms with Crippen LogP contribution in [0.2, 0.25) is 0 Å². The van der Waals surface area contributed by atoms with E-state index in [-0.39, 0.29) is 6.61 Å². The summed E-state index contributed by atoms with van der Waals surface area (Å²) in [5, 5.41) is 8.83. The summed E-state index contributed by atoms with van der Waals surface area (Å²) in [6, 6.07) is 2.14. The van der Waals surface area contributed by atoms with Crippen molar-refractivity contribution in [3.8, 4) is 0 Å². The predicted molar refractivity (Wildman–Crippen MR) is 48.1 cm³/mol. The number of rotatable bonds is 2. The Hall–Kier alpha value is -0.760. The SMILES string of the molecule is CC1Cc2c(CCO)ccn2C1. The molecule has 2 heteroatoms. The van der Waals surface area contributed by atoms with Gasteiger partial charge < -0.3 is 9.67 Å². The maximum Gasteiger partial charge on any atom is 0.0472 e. The van der Waals surface area contributed by atoms with Crippen molar-refractivity contribution in [1.82, 2.24) is 4.57 Å². The van der Waals surface area contributed by atoms with Crippen LogP contribution in [-0.4, -0.2) is 16.3 Å². The van der Waals surface area contributed by atoms with Gasteiger partial charge in [-0.1, -0.05) is 6.92 Å². The molecule has 0 saturated carbocycles. The zero-order chi connectivity index (χ0) is 8.55. The van der Waals surface area contributed by atoms with Gasteiger partial charge in [-0.2, -0.15) is 0 Å². The highest BCUT2D eigenvalue weighted by Crippen LogP contribution is 2.24. The third kappa shape index (κ3) is 1.16. The van der Waals surface area contributed by atoms with E-state index in [1.165, 1.54) is 17.7 Å². The van der Waals surface area contributed by atoms with E-state index in [1.807, 2.05) is 0 Å². The topological polar surface area (TPSA) is 25.2 Å². The van der Waals surface area contributed by atoms with Gasteiger partial charge in [0.1, 0.15) is 0 Å². The molecule has 0 aromatic carbocycles. The van der Waals surface area contributed by atoms with Gasteiger partial charge >= 0.3 is 0 Å². The molecule has 1 aliphatic rings. The zero-order valence-corrected chi connectivity index (χ0v) is 7.45. The summed E-state index contributed by atoms with van der Waals surface area (Å²) in [7, 11) is 0. The fraction of sp³-hybridized carbons (Fsp3) is 0.600. The molecular weight excluding hydrogens is 150 g/mol. The molecule has 2 nitrogen and oxygen atoms in total. The van der Waals surface area contributed by atoms with Crippen molar-refractivity contribution >= 4 is 0 Å². The molecule has 2 rings (SSSR count). The highest BCUT2D eigenvalue weighted by Gasteiger charge is 2.19. The highest BCUT2D eigenvalue weighted by atomic mass is 16.2. The molecule has 1 aromatic rings. The van der Waals surface area contributed by atoms with Crippen LogP contribution in [0, 0.1) is 5.92 Å². The lowest BCUT2D eigenvalue weighted by Crippen LogP contribution is -1.95. The Balaban J connectivity index is 2.24. The largest absolute Gasteiger partial charge is 0.396 e. The van der Waals surface area contributed by atoms with Crippen molar-refractivity contribution in [3.05, 3.63) is 23.5 Å². The minimum atomic E-state index is 0.269. The van der Waals surface area contributed by atoms with Crippen LogP contribution in [0.25, 0.3) is 0 Å². The molecular formula is C10H15NO. The second-order valence-corrected chi connectivity index (χ2v) is 3.72. The molecule has 0 fully saturated rings. The summed E-state index contributed by atoms with van der Waals surface area (Å²) < 4.78 is 2.32. The zero-order valence-electron chi connectivity index (χ0n) is 7.45. The number of hydrogen-bond donors (Lipinski definition) is 1. The Morgan fingerprint density at radius 3 is 3.25 bits per heavy atom. The quantitative estimate of drug-likeness (QED) is 0.700. The summed E-state index contributed by atoms with van der Waals surface area (Å²) in [6.07, 6.45) is 4.14. The van der Waals surface area contributed by atoms with E-state index in [0.717, 1.165) is 18.9 Å². The highest BCUT2D eigenvalue weighted by molar-refractivity contribution is 5.25. The van der Waals surface area contributed by atoms with Crippen LogP contribution in [-0.2, 0) is 19.4 Å². The van der Waals surface area contributed by atoms with Crippen LogP contribution in [0.3, 0.4) is 0 Å². The van der Waals surface area contributed by atoms with Crippen molar-refractivity contribution in [2.45, 2.75) is 26.3 Å². The smallest absolute Gasteiger partial charge is 0.0472 e.